The maximum atomic E-state index is 11.0. The largest absolute Gasteiger partial charge is 0.480 e. The molecule has 1 aliphatic heterocycles. The number of anilines is 1. The van der Waals surface area contributed by atoms with E-state index in [0.717, 1.165) is 17.4 Å². The van der Waals surface area contributed by atoms with Crippen molar-refractivity contribution in [2.75, 3.05) is 11.4 Å². The highest BCUT2D eigenvalue weighted by Gasteiger charge is 2.32. The minimum absolute atomic E-state index is 0.462. The summed E-state index contributed by atoms with van der Waals surface area (Å²) in [6.45, 7) is 0.729. The summed E-state index contributed by atoms with van der Waals surface area (Å²) in [4.78, 5) is 20.7. The van der Waals surface area contributed by atoms with Crippen LogP contribution >= 0.6 is 15.9 Å². The van der Waals surface area contributed by atoms with Gasteiger partial charge in [-0.15, -0.1) is 0 Å². The predicted octanol–water partition coefficient (Wildman–Crippen LogP) is 1.29. The standard InChI is InChI=1S/C9H10BrN3O2/c10-6-4-11-5-12-8(6)13-3-1-2-7(13)9(14)15/h4-5,7H,1-3H2,(H,14,15). The van der Waals surface area contributed by atoms with E-state index in [1.807, 2.05) is 0 Å². The second-order valence-electron chi connectivity index (χ2n) is 3.38. The van der Waals surface area contributed by atoms with E-state index in [9.17, 15) is 4.79 Å². The lowest BCUT2D eigenvalue weighted by atomic mass is 10.2. The molecule has 0 amide bonds. The van der Waals surface area contributed by atoms with Gasteiger partial charge in [0.1, 0.15) is 18.2 Å². The third-order valence-electron chi connectivity index (χ3n) is 2.46. The number of hydrogen-bond donors (Lipinski definition) is 1. The molecule has 15 heavy (non-hydrogen) atoms. The SMILES string of the molecule is O=C(O)C1CCCN1c1ncncc1Br. The van der Waals surface area contributed by atoms with Crippen molar-refractivity contribution in [2.24, 2.45) is 0 Å². The van der Waals surface area contributed by atoms with Crippen LogP contribution in [0.5, 0.6) is 0 Å². The van der Waals surface area contributed by atoms with Crippen LogP contribution in [-0.4, -0.2) is 33.6 Å². The lowest BCUT2D eigenvalue weighted by Gasteiger charge is -2.22. The fourth-order valence-electron chi connectivity index (χ4n) is 1.79. The number of aliphatic carboxylic acids is 1. The topological polar surface area (TPSA) is 66.3 Å². The molecule has 1 saturated heterocycles. The highest BCUT2D eigenvalue weighted by atomic mass is 79.9. The van der Waals surface area contributed by atoms with Crippen molar-refractivity contribution < 1.29 is 9.90 Å². The fourth-order valence-corrected chi connectivity index (χ4v) is 2.24. The van der Waals surface area contributed by atoms with E-state index in [1.165, 1.54) is 6.33 Å². The first-order chi connectivity index (χ1) is 7.20. The molecule has 2 rings (SSSR count). The molecule has 0 bridgehead atoms. The number of nitrogens with zero attached hydrogens (tertiary/aromatic N) is 3. The molecule has 1 aliphatic rings. The van der Waals surface area contributed by atoms with E-state index in [0.29, 0.717) is 12.2 Å². The number of hydrogen-bond acceptors (Lipinski definition) is 4. The molecule has 1 atom stereocenters. The highest BCUT2D eigenvalue weighted by Crippen LogP contribution is 2.29. The Balaban J connectivity index is 2.30. The maximum absolute atomic E-state index is 11.0. The normalized spacial score (nSPS) is 20.6. The molecule has 1 fully saturated rings. The monoisotopic (exact) mass is 271 g/mol. The van der Waals surface area contributed by atoms with E-state index in [1.54, 1.807) is 11.1 Å². The van der Waals surface area contributed by atoms with Gasteiger partial charge in [0, 0.05) is 12.7 Å². The molecule has 6 heteroatoms. The van der Waals surface area contributed by atoms with E-state index in [4.69, 9.17) is 5.11 Å². The van der Waals surface area contributed by atoms with Crippen molar-refractivity contribution in [1.29, 1.82) is 0 Å². The molecule has 1 unspecified atom stereocenters. The zero-order valence-electron chi connectivity index (χ0n) is 7.93. The Kier molecular flexibility index (Phi) is 2.86. The average Bonchev–Trinajstić information content (AvgIpc) is 2.67. The van der Waals surface area contributed by atoms with E-state index < -0.39 is 12.0 Å². The van der Waals surface area contributed by atoms with Gasteiger partial charge >= 0.3 is 5.97 Å². The van der Waals surface area contributed by atoms with E-state index >= 15 is 0 Å². The van der Waals surface area contributed by atoms with Gasteiger partial charge in [0.25, 0.3) is 0 Å². The summed E-state index contributed by atoms with van der Waals surface area (Å²) < 4.78 is 0.734. The molecule has 0 saturated carbocycles. The molecular weight excluding hydrogens is 262 g/mol. The summed E-state index contributed by atoms with van der Waals surface area (Å²) >= 11 is 3.32. The lowest BCUT2D eigenvalue weighted by Crippen LogP contribution is -2.36. The van der Waals surface area contributed by atoms with E-state index in [-0.39, 0.29) is 0 Å². The lowest BCUT2D eigenvalue weighted by molar-refractivity contribution is -0.138. The molecule has 0 spiro atoms. The van der Waals surface area contributed by atoms with Crippen LogP contribution in [0.2, 0.25) is 0 Å². The number of carboxylic acid groups (broad SMARTS) is 1. The fraction of sp³-hybridized carbons (Fsp3) is 0.444. The van der Waals surface area contributed by atoms with Crippen LogP contribution < -0.4 is 4.90 Å². The smallest absolute Gasteiger partial charge is 0.326 e. The van der Waals surface area contributed by atoms with Crippen LogP contribution in [0.3, 0.4) is 0 Å². The summed E-state index contributed by atoms with van der Waals surface area (Å²) in [6.07, 6.45) is 4.61. The van der Waals surface area contributed by atoms with Gasteiger partial charge in [0.15, 0.2) is 0 Å². The highest BCUT2D eigenvalue weighted by molar-refractivity contribution is 9.10. The van der Waals surface area contributed by atoms with Crippen LogP contribution in [0.15, 0.2) is 17.0 Å². The zero-order valence-corrected chi connectivity index (χ0v) is 9.51. The number of aromatic nitrogens is 2. The van der Waals surface area contributed by atoms with Crippen LogP contribution in [0.1, 0.15) is 12.8 Å². The first kappa shape index (κ1) is 10.4. The second kappa shape index (κ2) is 4.14. The summed E-state index contributed by atoms with van der Waals surface area (Å²) in [7, 11) is 0. The Morgan fingerprint density at radius 1 is 1.67 bits per heavy atom. The van der Waals surface area contributed by atoms with Crippen LogP contribution in [0.25, 0.3) is 0 Å². The predicted molar refractivity (Wildman–Crippen MR) is 57.7 cm³/mol. The van der Waals surface area contributed by atoms with Crippen LogP contribution in [-0.2, 0) is 4.79 Å². The molecule has 80 valence electrons. The van der Waals surface area contributed by atoms with Crippen molar-refractivity contribution in [3.8, 4) is 0 Å². The van der Waals surface area contributed by atoms with Gasteiger partial charge in [-0.25, -0.2) is 14.8 Å². The first-order valence-corrected chi connectivity index (χ1v) is 5.44. The molecule has 1 N–H and O–H groups in total. The number of carboxylic acids is 1. The van der Waals surface area contributed by atoms with Crippen molar-refractivity contribution in [2.45, 2.75) is 18.9 Å². The molecular formula is C9H10BrN3O2. The number of carbonyl (C=O) groups is 1. The Morgan fingerprint density at radius 3 is 3.13 bits per heavy atom. The molecule has 0 aliphatic carbocycles. The van der Waals surface area contributed by atoms with Gasteiger partial charge in [0.05, 0.1) is 4.47 Å². The molecule has 2 heterocycles. The summed E-state index contributed by atoms with van der Waals surface area (Å²) in [5.41, 5.74) is 0. The van der Waals surface area contributed by atoms with Crippen LogP contribution in [0, 0.1) is 0 Å². The van der Waals surface area contributed by atoms with Gasteiger partial charge < -0.3 is 10.0 Å². The second-order valence-corrected chi connectivity index (χ2v) is 4.24. The molecule has 1 aromatic heterocycles. The van der Waals surface area contributed by atoms with Gasteiger partial charge in [-0.2, -0.15) is 0 Å². The third kappa shape index (κ3) is 1.94. The van der Waals surface area contributed by atoms with Crippen LogP contribution in [0.4, 0.5) is 5.82 Å². The summed E-state index contributed by atoms with van der Waals surface area (Å²) in [6, 6.07) is -0.462. The molecule has 1 aromatic rings. The zero-order chi connectivity index (χ0) is 10.8. The van der Waals surface area contributed by atoms with Gasteiger partial charge in [-0.3, -0.25) is 0 Å². The third-order valence-corrected chi connectivity index (χ3v) is 3.02. The van der Waals surface area contributed by atoms with Gasteiger partial charge in [-0.05, 0) is 28.8 Å². The Bertz CT molecular complexity index is 385. The molecule has 5 nitrogen and oxygen atoms in total. The molecule has 0 radical (unpaired) electrons. The van der Waals surface area contributed by atoms with Gasteiger partial charge in [-0.1, -0.05) is 0 Å². The number of halogens is 1. The van der Waals surface area contributed by atoms with E-state index in [2.05, 4.69) is 25.9 Å². The van der Waals surface area contributed by atoms with Crippen molar-refractivity contribution >= 4 is 27.7 Å². The Morgan fingerprint density at radius 2 is 2.47 bits per heavy atom. The Hall–Kier alpha value is -1.17. The molecule has 0 aromatic carbocycles. The average molecular weight is 272 g/mol. The summed E-state index contributed by atoms with van der Waals surface area (Å²) in [5.74, 6) is -0.132. The number of rotatable bonds is 2. The summed E-state index contributed by atoms with van der Waals surface area (Å²) in [5, 5.41) is 9.04. The maximum Gasteiger partial charge on any atom is 0.326 e. The van der Waals surface area contributed by atoms with Crippen molar-refractivity contribution in [3.05, 3.63) is 17.0 Å². The Labute approximate surface area is 95.3 Å². The first-order valence-electron chi connectivity index (χ1n) is 4.65. The van der Waals surface area contributed by atoms with Crippen molar-refractivity contribution in [1.82, 2.24) is 9.97 Å². The van der Waals surface area contributed by atoms with Gasteiger partial charge in [0.2, 0.25) is 0 Å². The minimum Gasteiger partial charge on any atom is -0.480 e. The minimum atomic E-state index is -0.794. The quantitative estimate of drug-likeness (QED) is 0.878. The van der Waals surface area contributed by atoms with Crippen molar-refractivity contribution in [3.63, 3.8) is 0 Å².